The second-order valence-electron chi connectivity index (χ2n) is 11.5. The number of benzene rings is 1. The maximum atomic E-state index is 14.1. The molecule has 2 atom stereocenters. The second-order valence-corrected chi connectivity index (χ2v) is 11.5. The minimum Gasteiger partial charge on any atom is -0.386 e. The fourth-order valence-corrected chi connectivity index (χ4v) is 5.75. The molecule has 0 radical (unpaired) electrons. The number of allylic oxidation sites excluding steroid dienone is 6. The monoisotopic (exact) mass is 558 g/mol. The van der Waals surface area contributed by atoms with E-state index in [2.05, 4.69) is 28.6 Å². The largest absolute Gasteiger partial charge is 0.386 e. The molecule has 212 valence electrons. The highest BCUT2D eigenvalue weighted by Crippen LogP contribution is 2.38. The molecular formula is C35H34N4O3. The third-order valence-corrected chi connectivity index (χ3v) is 8.02. The van der Waals surface area contributed by atoms with Crippen LogP contribution in [0.15, 0.2) is 102 Å². The Morgan fingerprint density at radius 1 is 1.12 bits per heavy atom. The number of aliphatic hydroxyl groups is 1. The average Bonchev–Trinajstić information content (AvgIpc) is 3.38. The van der Waals surface area contributed by atoms with Crippen molar-refractivity contribution in [3.63, 3.8) is 0 Å². The van der Waals surface area contributed by atoms with Crippen molar-refractivity contribution in [3.05, 3.63) is 124 Å². The number of aromatic nitrogens is 2. The van der Waals surface area contributed by atoms with Crippen LogP contribution in [0.2, 0.25) is 0 Å². The second kappa shape index (κ2) is 11.3. The number of amides is 2. The number of hydrogen-bond donors (Lipinski definition) is 3. The van der Waals surface area contributed by atoms with Crippen LogP contribution in [-0.2, 0) is 17.8 Å². The summed E-state index contributed by atoms with van der Waals surface area (Å²) in [5, 5.41) is 17.2. The first-order valence-corrected chi connectivity index (χ1v) is 14.4. The van der Waals surface area contributed by atoms with E-state index in [1.807, 2.05) is 60.7 Å². The molecule has 2 unspecified atom stereocenters. The van der Waals surface area contributed by atoms with Crippen LogP contribution >= 0.6 is 0 Å². The summed E-state index contributed by atoms with van der Waals surface area (Å²) < 4.78 is 0. The van der Waals surface area contributed by atoms with Gasteiger partial charge < -0.3 is 15.7 Å². The van der Waals surface area contributed by atoms with Gasteiger partial charge in [-0.2, -0.15) is 0 Å². The third kappa shape index (κ3) is 5.74. The fraction of sp³-hybridized carbons (Fsp3) is 0.257. The predicted octanol–water partition coefficient (Wildman–Crippen LogP) is 5.49. The molecule has 3 aliphatic carbocycles. The normalized spacial score (nSPS) is 22.3. The smallest absolute Gasteiger partial charge is 0.256 e. The standard InChI is InChI=1S/C35H34N4O3/c1-22-9-11-27(33(40)37-21-24-6-5-17-36-20-24)30(18-22)39-34(41)31-26-7-3-4-8-29(26)38-32-25(10-12-28(31)32)19-23-13-15-35(2,42)16-14-23/h3-9,11,13-15,17,19-20,22,42H,10,12,16,18,21H2,1-2H3,(H,37,40)(H,39,41)/b25-19+. The van der Waals surface area contributed by atoms with Crippen LogP contribution in [0.1, 0.15) is 60.3 Å². The third-order valence-electron chi connectivity index (χ3n) is 8.02. The van der Waals surface area contributed by atoms with Gasteiger partial charge in [0.2, 0.25) is 0 Å². The van der Waals surface area contributed by atoms with E-state index in [4.69, 9.17) is 4.98 Å². The molecule has 2 heterocycles. The van der Waals surface area contributed by atoms with Crippen molar-refractivity contribution in [2.75, 3.05) is 0 Å². The lowest BCUT2D eigenvalue weighted by atomic mass is 9.93. The maximum absolute atomic E-state index is 14.1. The van der Waals surface area contributed by atoms with E-state index in [9.17, 15) is 14.7 Å². The van der Waals surface area contributed by atoms with Gasteiger partial charge in [-0.1, -0.05) is 61.6 Å². The Labute approximate surface area is 245 Å². The number of nitrogens with one attached hydrogen (secondary N) is 2. The molecule has 2 amide bonds. The van der Waals surface area contributed by atoms with E-state index >= 15 is 0 Å². The molecule has 3 aliphatic rings. The summed E-state index contributed by atoms with van der Waals surface area (Å²) in [4.78, 5) is 36.4. The first-order chi connectivity index (χ1) is 20.3. The van der Waals surface area contributed by atoms with Crippen molar-refractivity contribution in [2.45, 2.75) is 51.7 Å². The summed E-state index contributed by atoms with van der Waals surface area (Å²) in [6, 6.07) is 11.5. The van der Waals surface area contributed by atoms with E-state index in [-0.39, 0.29) is 17.7 Å². The van der Waals surface area contributed by atoms with Crippen molar-refractivity contribution in [1.82, 2.24) is 20.6 Å². The summed E-state index contributed by atoms with van der Waals surface area (Å²) in [6.07, 6.45) is 17.7. The lowest BCUT2D eigenvalue weighted by molar-refractivity contribution is -0.117. The Morgan fingerprint density at radius 2 is 1.98 bits per heavy atom. The molecule has 2 aromatic heterocycles. The van der Waals surface area contributed by atoms with Crippen molar-refractivity contribution in [1.29, 1.82) is 0 Å². The Kier molecular flexibility index (Phi) is 7.43. The van der Waals surface area contributed by atoms with Gasteiger partial charge in [0.05, 0.1) is 27.9 Å². The molecular weight excluding hydrogens is 524 g/mol. The van der Waals surface area contributed by atoms with Gasteiger partial charge in [0.1, 0.15) is 0 Å². The molecule has 0 spiro atoms. The van der Waals surface area contributed by atoms with Gasteiger partial charge >= 0.3 is 0 Å². The number of fused-ring (bicyclic) bond motifs is 2. The van der Waals surface area contributed by atoms with Crippen molar-refractivity contribution < 1.29 is 14.7 Å². The number of pyridine rings is 2. The highest BCUT2D eigenvalue weighted by atomic mass is 16.3. The lowest BCUT2D eigenvalue weighted by Gasteiger charge is -2.22. The van der Waals surface area contributed by atoms with Crippen LogP contribution in [0, 0.1) is 5.92 Å². The Hall–Kier alpha value is -4.62. The number of para-hydroxylation sites is 1. The minimum absolute atomic E-state index is 0.183. The molecule has 42 heavy (non-hydrogen) atoms. The van der Waals surface area contributed by atoms with Gasteiger partial charge in [-0.25, -0.2) is 4.98 Å². The van der Waals surface area contributed by atoms with Gasteiger partial charge in [0.25, 0.3) is 11.8 Å². The van der Waals surface area contributed by atoms with Gasteiger partial charge in [0, 0.05) is 30.0 Å². The number of nitrogens with zero attached hydrogens (tertiary/aromatic N) is 2. The Balaban J connectivity index is 1.33. The molecule has 0 saturated heterocycles. The molecule has 0 saturated carbocycles. The van der Waals surface area contributed by atoms with Crippen LogP contribution in [0.4, 0.5) is 0 Å². The summed E-state index contributed by atoms with van der Waals surface area (Å²) in [7, 11) is 0. The zero-order valence-electron chi connectivity index (χ0n) is 23.9. The highest BCUT2D eigenvalue weighted by molar-refractivity contribution is 6.10. The van der Waals surface area contributed by atoms with Crippen LogP contribution in [-0.4, -0.2) is 32.5 Å². The highest BCUT2D eigenvalue weighted by Gasteiger charge is 2.29. The quantitative estimate of drug-likeness (QED) is 0.371. The summed E-state index contributed by atoms with van der Waals surface area (Å²) >= 11 is 0. The topological polar surface area (TPSA) is 104 Å². The zero-order valence-corrected chi connectivity index (χ0v) is 23.9. The summed E-state index contributed by atoms with van der Waals surface area (Å²) in [5.41, 5.74) is 6.39. The van der Waals surface area contributed by atoms with E-state index in [0.29, 0.717) is 42.6 Å². The maximum Gasteiger partial charge on any atom is 0.256 e. The van der Waals surface area contributed by atoms with Gasteiger partial charge in [-0.15, -0.1) is 0 Å². The molecule has 3 aromatic rings. The average molecular weight is 559 g/mol. The predicted molar refractivity (Wildman–Crippen MR) is 164 cm³/mol. The molecule has 3 N–H and O–H groups in total. The van der Waals surface area contributed by atoms with Gasteiger partial charge in [0.15, 0.2) is 0 Å². The summed E-state index contributed by atoms with van der Waals surface area (Å²) in [5.74, 6) is -0.281. The van der Waals surface area contributed by atoms with Crippen LogP contribution in [0.5, 0.6) is 0 Å². The summed E-state index contributed by atoms with van der Waals surface area (Å²) in [6.45, 7) is 4.21. The number of rotatable bonds is 6. The van der Waals surface area contributed by atoms with E-state index in [1.54, 1.807) is 25.4 Å². The van der Waals surface area contributed by atoms with Crippen LogP contribution in [0.25, 0.3) is 16.5 Å². The molecule has 7 nitrogen and oxygen atoms in total. The van der Waals surface area contributed by atoms with Crippen LogP contribution in [0.3, 0.4) is 0 Å². The lowest BCUT2D eigenvalue weighted by Crippen LogP contribution is -2.32. The van der Waals surface area contributed by atoms with Crippen LogP contribution < -0.4 is 10.6 Å². The first kappa shape index (κ1) is 27.5. The van der Waals surface area contributed by atoms with Crippen molar-refractivity contribution >= 4 is 28.3 Å². The Bertz CT molecular complexity index is 1730. The zero-order chi connectivity index (χ0) is 29.3. The van der Waals surface area contributed by atoms with E-state index < -0.39 is 5.60 Å². The number of hydrogen-bond acceptors (Lipinski definition) is 5. The molecule has 0 aliphatic heterocycles. The molecule has 6 rings (SSSR count). The minimum atomic E-state index is -0.829. The van der Waals surface area contributed by atoms with Gasteiger partial charge in [-0.3, -0.25) is 14.6 Å². The van der Waals surface area contributed by atoms with Crippen molar-refractivity contribution in [3.8, 4) is 0 Å². The molecule has 7 heteroatoms. The molecule has 0 bridgehead atoms. The SMILES string of the molecule is CC1C=CC(C(=O)NCc2cccnc2)=C(NC(=O)c2c3c(nc4ccccc24)/C(=C/C2=CCC(C)(O)C=C2)CC3)C1. The van der Waals surface area contributed by atoms with Gasteiger partial charge in [-0.05, 0) is 79.0 Å². The first-order valence-electron chi connectivity index (χ1n) is 14.4. The van der Waals surface area contributed by atoms with E-state index in [0.717, 1.165) is 45.3 Å². The van der Waals surface area contributed by atoms with E-state index in [1.165, 1.54) is 0 Å². The van der Waals surface area contributed by atoms with Crippen molar-refractivity contribution in [2.24, 2.45) is 5.92 Å². The Morgan fingerprint density at radius 3 is 2.76 bits per heavy atom. The number of carbonyl (C=O) groups is 2. The number of carbonyl (C=O) groups excluding carboxylic acids is 2. The fourth-order valence-electron chi connectivity index (χ4n) is 5.75. The molecule has 1 aromatic carbocycles. The molecule has 0 fully saturated rings.